The molecule has 0 saturated heterocycles. The Morgan fingerprint density at radius 1 is 1.61 bits per heavy atom. The van der Waals surface area contributed by atoms with Gasteiger partial charge in [0, 0.05) is 11.6 Å². The Hall–Kier alpha value is -1.47. The number of carbonyl (C=O) groups is 2. The van der Waals surface area contributed by atoms with Crippen molar-refractivity contribution in [3.8, 4) is 0 Å². The molecule has 0 radical (unpaired) electrons. The van der Waals surface area contributed by atoms with E-state index in [9.17, 15) is 9.59 Å². The summed E-state index contributed by atoms with van der Waals surface area (Å²) >= 11 is 1.42. The zero-order valence-corrected chi connectivity index (χ0v) is 11.4. The molecule has 1 amide bonds. The number of rotatable bonds is 5. The molecule has 1 atom stereocenters. The van der Waals surface area contributed by atoms with Crippen molar-refractivity contribution in [2.24, 2.45) is 5.73 Å². The van der Waals surface area contributed by atoms with Crippen molar-refractivity contribution in [1.29, 1.82) is 0 Å². The van der Waals surface area contributed by atoms with Gasteiger partial charge in [-0.15, -0.1) is 11.3 Å². The highest BCUT2D eigenvalue weighted by Crippen LogP contribution is 2.21. The van der Waals surface area contributed by atoms with Gasteiger partial charge in [-0.05, 0) is 20.8 Å². The van der Waals surface area contributed by atoms with Crippen LogP contribution < -0.4 is 11.1 Å². The highest BCUT2D eigenvalue weighted by atomic mass is 32.1. The van der Waals surface area contributed by atoms with E-state index >= 15 is 0 Å². The molecule has 0 aromatic carbocycles. The molecule has 0 spiro atoms. The van der Waals surface area contributed by atoms with Gasteiger partial charge in [-0.3, -0.25) is 4.79 Å². The molecular formula is C11H17N3O3S. The lowest BCUT2D eigenvalue weighted by atomic mass is 10.1. The van der Waals surface area contributed by atoms with E-state index in [-0.39, 0.29) is 6.61 Å². The summed E-state index contributed by atoms with van der Waals surface area (Å²) in [6.45, 7) is 5.43. The maximum absolute atomic E-state index is 11.8. The second-order valence-electron chi connectivity index (χ2n) is 4.18. The first-order chi connectivity index (χ1) is 8.38. The van der Waals surface area contributed by atoms with Crippen LogP contribution in [-0.2, 0) is 19.9 Å². The summed E-state index contributed by atoms with van der Waals surface area (Å²) in [5, 5.41) is 5.24. The summed E-state index contributed by atoms with van der Waals surface area (Å²) in [5.41, 5.74) is 4.83. The number of nitrogens with two attached hydrogens (primary N) is 1. The third-order valence-electron chi connectivity index (χ3n) is 2.23. The van der Waals surface area contributed by atoms with E-state index in [0.717, 1.165) is 5.01 Å². The van der Waals surface area contributed by atoms with Crippen LogP contribution in [0.15, 0.2) is 11.6 Å². The molecule has 1 aromatic rings. The van der Waals surface area contributed by atoms with Crippen LogP contribution in [0, 0.1) is 0 Å². The topological polar surface area (TPSA) is 94.3 Å². The fourth-order valence-electron chi connectivity index (χ4n) is 1.31. The molecule has 100 valence electrons. The fourth-order valence-corrected chi connectivity index (χ4v) is 2.03. The van der Waals surface area contributed by atoms with Crippen LogP contribution >= 0.6 is 11.3 Å². The predicted molar refractivity (Wildman–Crippen MR) is 67.9 cm³/mol. The second kappa shape index (κ2) is 5.92. The molecular weight excluding hydrogens is 254 g/mol. The molecule has 0 fully saturated rings. The van der Waals surface area contributed by atoms with Gasteiger partial charge in [0.15, 0.2) is 6.04 Å². The van der Waals surface area contributed by atoms with Crippen LogP contribution in [0.1, 0.15) is 25.8 Å². The summed E-state index contributed by atoms with van der Waals surface area (Å²) in [5.74, 6) is -1.31. The molecule has 1 heterocycles. The van der Waals surface area contributed by atoms with Crippen LogP contribution in [0.2, 0.25) is 0 Å². The number of thiazole rings is 1. The third-order valence-corrected chi connectivity index (χ3v) is 3.32. The Kier molecular flexibility index (Phi) is 4.80. The van der Waals surface area contributed by atoms with E-state index in [1.54, 1.807) is 27.0 Å². The standard InChI is InChI=1S/C11H17N3O3S/c1-4-17-9(16)7(12)8(15)14-11(2,3)10-13-5-6-18-10/h5-7H,4,12H2,1-3H3,(H,14,15). The summed E-state index contributed by atoms with van der Waals surface area (Å²) in [6.07, 6.45) is 1.65. The zero-order valence-electron chi connectivity index (χ0n) is 10.6. The molecule has 0 saturated carbocycles. The normalized spacial score (nSPS) is 12.9. The summed E-state index contributed by atoms with van der Waals surface area (Å²) < 4.78 is 4.69. The van der Waals surface area contributed by atoms with Crippen molar-refractivity contribution in [3.63, 3.8) is 0 Å². The average molecular weight is 271 g/mol. The highest BCUT2D eigenvalue weighted by Gasteiger charge is 2.31. The van der Waals surface area contributed by atoms with Crippen LogP contribution in [0.5, 0.6) is 0 Å². The Bertz CT molecular complexity index is 417. The van der Waals surface area contributed by atoms with E-state index in [1.807, 2.05) is 5.38 Å². The zero-order chi connectivity index (χ0) is 13.8. The smallest absolute Gasteiger partial charge is 0.332 e. The van der Waals surface area contributed by atoms with Gasteiger partial charge < -0.3 is 15.8 Å². The molecule has 0 aliphatic heterocycles. The first-order valence-corrected chi connectivity index (χ1v) is 6.40. The van der Waals surface area contributed by atoms with Gasteiger partial charge in [-0.1, -0.05) is 0 Å². The van der Waals surface area contributed by atoms with Gasteiger partial charge in [0.2, 0.25) is 5.91 Å². The third kappa shape index (κ3) is 3.51. The number of carbonyl (C=O) groups excluding carboxylic acids is 2. The van der Waals surface area contributed by atoms with Crippen LogP contribution in [0.3, 0.4) is 0 Å². The number of nitrogens with one attached hydrogen (secondary N) is 1. The molecule has 0 aliphatic rings. The Labute approximate surface area is 110 Å². The number of hydrogen-bond acceptors (Lipinski definition) is 6. The maximum atomic E-state index is 11.8. The van der Waals surface area contributed by atoms with Gasteiger partial charge in [0.1, 0.15) is 5.01 Å². The van der Waals surface area contributed by atoms with Crippen molar-refractivity contribution in [2.45, 2.75) is 32.4 Å². The van der Waals surface area contributed by atoms with Crippen LogP contribution in [-0.4, -0.2) is 29.5 Å². The Morgan fingerprint density at radius 3 is 2.78 bits per heavy atom. The Balaban J connectivity index is 2.67. The summed E-state index contributed by atoms with van der Waals surface area (Å²) in [7, 11) is 0. The average Bonchev–Trinajstić information content (AvgIpc) is 2.81. The van der Waals surface area contributed by atoms with Gasteiger partial charge in [-0.25, -0.2) is 9.78 Å². The second-order valence-corrected chi connectivity index (χ2v) is 5.08. The summed E-state index contributed by atoms with van der Waals surface area (Å²) in [4.78, 5) is 27.3. The number of aromatic nitrogens is 1. The van der Waals surface area contributed by atoms with E-state index in [2.05, 4.69) is 10.3 Å². The minimum Gasteiger partial charge on any atom is -0.464 e. The molecule has 0 aliphatic carbocycles. The predicted octanol–water partition coefficient (Wildman–Crippen LogP) is 0.385. The molecule has 1 unspecified atom stereocenters. The van der Waals surface area contributed by atoms with Gasteiger partial charge in [-0.2, -0.15) is 0 Å². The fraction of sp³-hybridized carbons (Fsp3) is 0.545. The molecule has 18 heavy (non-hydrogen) atoms. The maximum Gasteiger partial charge on any atom is 0.332 e. The SMILES string of the molecule is CCOC(=O)C(N)C(=O)NC(C)(C)c1nccs1. The van der Waals surface area contributed by atoms with E-state index in [4.69, 9.17) is 10.5 Å². The van der Waals surface area contributed by atoms with E-state index in [1.165, 1.54) is 11.3 Å². The first-order valence-electron chi connectivity index (χ1n) is 5.52. The highest BCUT2D eigenvalue weighted by molar-refractivity contribution is 7.09. The minimum absolute atomic E-state index is 0.190. The van der Waals surface area contributed by atoms with Crippen molar-refractivity contribution in [3.05, 3.63) is 16.6 Å². The monoisotopic (exact) mass is 271 g/mol. The first kappa shape index (κ1) is 14.6. The van der Waals surface area contributed by atoms with Crippen molar-refractivity contribution in [2.75, 3.05) is 6.61 Å². The van der Waals surface area contributed by atoms with E-state index in [0.29, 0.717) is 0 Å². The number of amides is 1. The molecule has 1 rings (SSSR count). The number of hydrogen-bond donors (Lipinski definition) is 2. The lowest BCUT2D eigenvalue weighted by molar-refractivity contribution is -0.148. The molecule has 0 bridgehead atoms. The van der Waals surface area contributed by atoms with Crippen molar-refractivity contribution >= 4 is 23.2 Å². The quantitative estimate of drug-likeness (QED) is 0.596. The van der Waals surface area contributed by atoms with Gasteiger partial charge >= 0.3 is 5.97 Å². The lowest BCUT2D eigenvalue weighted by Gasteiger charge is -2.25. The number of nitrogens with zero attached hydrogens (tertiary/aromatic N) is 1. The molecule has 3 N–H and O–H groups in total. The lowest BCUT2D eigenvalue weighted by Crippen LogP contribution is -2.52. The molecule has 7 heteroatoms. The van der Waals surface area contributed by atoms with Crippen molar-refractivity contribution in [1.82, 2.24) is 10.3 Å². The molecule has 6 nitrogen and oxygen atoms in total. The van der Waals surface area contributed by atoms with Crippen LogP contribution in [0.4, 0.5) is 0 Å². The number of esters is 1. The van der Waals surface area contributed by atoms with Gasteiger partial charge in [0.25, 0.3) is 0 Å². The van der Waals surface area contributed by atoms with Crippen molar-refractivity contribution < 1.29 is 14.3 Å². The Morgan fingerprint density at radius 2 is 2.28 bits per heavy atom. The minimum atomic E-state index is -1.32. The summed E-state index contributed by atoms with van der Waals surface area (Å²) in [6, 6.07) is -1.32. The van der Waals surface area contributed by atoms with Crippen LogP contribution in [0.25, 0.3) is 0 Å². The largest absolute Gasteiger partial charge is 0.464 e. The van der Waals surface area contributed by atoms with Gasteiger partial charge in [0.05, 0.1) is 12.1 Å². The number of ether oxygens (including phenoxy) is 1. The van der Waals surface area contributed by atoms with E-state index < -0.39 is 23.5 Å². The molecule has 1 aromatic heterocycles.